The van der Waals surface area contributed by atoms with Crippen LogP contribution >= 0.6 is 0 Å². The molecule has 116 valence electrons. The second-order valence-corrected chi connectivity index (χ2v) is 5.13. The highest BCUT2D eigenvalue weighted by atomic mass is 19.4. The van der Waals surface area contributed by atoms with E-state index in [-0.39, 0.29) is 24.6 Å². The van der Waals surface area contributed by atoms with Crippen molar-refractivity contribution in [3.63, 3.8) is 0 Å². The highest BCUT2D eigenvalue weighted by molar-refractivity contribution is 5.75. The molecule has 1 aliphatic heterocycles. The molecule has 2 rings (SSSR count). The fourth-order valence-corrected chi connectivity index (χ4v) is 2.70. The van der Waals surface area contributed by atoms with Crippen LogP contribution in [0.2, 0.25) is 0 Å². The van der Waals surface area contributed by atoms with Crippen LogP contribution in [0.15, 0.2) is 30.3 Å². The summed E-state index contributed by atoms with van der Waals surface area (Å²) in [5, 5.41) is 0. The van der Waals surface area contributed by atoms with Gasteiger partial charge in [-0.1, -0.05) is 37.3 Å². The minimum Gasteiger partial charge on any atom is -0.340 e. The predicted molar refractivity (Wildman–Crippen MR) is 73.7 cm³/mol. The molecule has 1 atom stereocenters. The number of hydrogen-bond donors (Lipinski definition) is 0. The molecule has 1 unspecified atom stereocenters. The van der Waals surface area contributed by atoms with E-state index in [0.29, 0.717) is 19.5 Å². The summed E-state index contributed by atoms with van der Waals surface area (Å²) >= 11 is 0. The molecule has 1 fully saturated rings. The molecule has 3 nitrogen and oxygen atoms in total. The zero-order valence-corrected chi connectivity index (χ0v) is 11.9. The summed E-state index contributed by atoms with van der Waals surface area (Å²) in [7, 11) is 0. The van der Waals surface area contributed by atoms with Gasteiger partial charge in [0.15, 0.2) is 0 Å². The first-order valence-corrected chi connectivity index (χ1v) is 7.07. The molecule has 0 aromatic heterocycles. The Morgan fingerprint density at radius 2 is 1.71 bits per heavy atom. The van der Waals surface area contributed by atoms with Gasteiger partial charge in [0, 0.05) is 32.6 Å². The van der Waals surface area contributed by atoms with Gasteiger partial charge in [-0.3, -0.25) is 9.69 Å². The summed E-state index contributed by atoms with van der Waals surface area (Å²) in [5.41, 5.74) is 0.250. The first-order valence-electron chi connectivity index (χ1n) is 7.07. The Morgan fingerprint density at radius 3 is 2.19 bits per heavy atom. The Bertz CT molecular complexity index is 468. The average molecular weight is 300 g/mol. The van der Waals surface area contributed by atoms with E-state index in [4.69, 9.17) is 0 Å². The van der Waals surface area contributed by atoms with E-state index in [1.165, 1.54) is 17.0 Å². The van der Waals surface area contributed by atoms with Gasteiger partial charge in [-0.2, -0.15) is 13.2 Å². The molecule has 0 radical (unpaired) electrons. The maximum absolute atomic E-state index is 13.4. The van der Waals surface area contributed by atoms with Crippen molar-refractivity contribution in [2.75, 3.05) is 26.2 Å². The molecule has 1 aromatic carbocycles. The van der Waals surface area contributed by atoms with Crippen LogP contribution in [0.3, 0.4) is 0 Å². The number of halogens is 3. The number of benzene rings is 1. The summed E-state index contributed by atoms with van der Waals surface area (Å²) in [6, 6.07) is 6.34. The zero-order valence-electron chi connectivity index (χ0n) is 11.9. The molecule has 0 saturated carbocycles. The monoisotopic (exact) mass is 300 g/mol. The van der Waals surface area contributed by atoms with Gasteiger partial charge in [-0.05, 0) is 5.56 Å². The van der Waals surface area contributed by atoms with Gasteiger partial charge in [0.2, 0.25) is 5.91 Å². The number of rotatable bonds is 3. The quantitative estimate of drug-likeness (QED) is 0.857. The van der Waals surface area contributed by atoms with Crippen LogP contribution < -0.4 is 0 Å². The maximum Gasteiger partial charge on any atom is 0.408 e. The van der Waals surface area contributed by atoms with Crippen LogP contribution in [0.1, 0.15) is 24.9 Å². The van der Waals surface area contributed by atoms with E-state index in [1.807, 2.05) is 0 Å². The number of amides is 1. The van der Waals surface area contributed by atoms with Gasteiger partial charge in [-0.25, -0.2) is 0 Å². The molecule has 0 aliphatic carbocycles. The lowest BCUT2D eigenvalue weighted by Gasteiger charge is -2.40. The molecule has 1 saturated heterocycles. The number of nitrogens with zero attached hydrogens (tertiary/aromatic N) is 2. The predicted octanol–water partition coefficient (Wildman–Crippen LogP) is 2.84. The molecule has 6 heteroatoms. The molecule has 1 aliphatic rings. The van der Waals surface area contributed by atoms with Crippen LogP contribution in [0.4, 0.5) is 13.2 Å². The minimum atomic E-state index is -4.32. The zero-order chi connectivity index (χ0) is 15.5. The van der Waals surface area contributed by atoms with Crippen molar-refractivity contribution >= 4 is 5.91 Å². The van der Waals surface area contributed by atoms with E-state index in [9.17, 15) is 18.0 Å². The van der Waals surface area contributed by atoms with Crippen molar-refractivity contribution in [3.05, 3.63) is 35.9 Å². The highest BCUT2D eigenvalue weighted by Gasteiger charge is 2.45. The summed E-state index contributed by atoms with van der Waals surface area (Å²) in [6.45, 7) is 2.95. The van der Waals surface area contributed by atoms with Crippen LogP contribution in [0, 0.1) is 0 Å². The lowest BCUT2D eigenvalue weighted by molar-refractivity contribution is -0.190. The van der Waals surface area contributed by atoms with Crippen LogP contribution in [-0.2, 0) is 4.79 Å². The number of carbonyl (C=O) groups excluding carboxylic acids is 1. The Labute approximate surface area is 122 Å². The molecule has 1 heterocycles. The second kappa shape index (κ2) is 6.47. The number of carbonyl (C=O) groups is 1. The fraction of sp³-hybridized carbons (Fsp3) is 0.533. The molecule has 1 amide bonds. The largest absolute Gasteiger partial charge is 0.408 e. The van der Waals surface area contributed by atoms with Crippen LogP contribution in [-0.4, -0.2) is 48.1 Å². The number of alkyl halides is 3. The van der Waals surface area contributed by atoms with Gasteiger partial charge in [0.05, 0.1) is 0 Å². The van der Waals surface area contributed by atoms with Crippen molar-refractivity contribution in [2.24, 2.45) is 0 Å². The van der Waals surface area contributed by atoms with E-state index >= 15 is 0 Å². The third kappa shape index (κ3) is 3.75. The van der Waals surface area contributed by atoms with Crippen molar-refractivity contribution in [1.29, 1.82) is 0 Å². The Kier molecular flexibility index (Phi) is 4.88. The topological polar surface area (TPSA) is 23.6 Å². The molecule has 0 spiro atoms. The van der Waals surface area contributed by atoms with Crippen LogP contribution in [0.5, 0.6) is 0 Å². The number of piperazine rings is 1. The van der Waals surface area contributed by atoms with E-state index in [2.05, 4.69) is 0 Å². The van der Waals surface area contributed by atoms with Gasteiger partial charge >= 0.3 is 6.18 Å². The summed E-state index contributed by atoms with van der Waals surface area (Å²) < 4.78 is 40.2. The standard InChI is InChI=1S/C15H19F3N2O/c1-2-13(21)19-8-10-20(11-9-19)14(15(16,17)18)12-6-4-3-5-7-12/h3-7,14H,2,8-11H2,1H3. The molecular formula is C15H19F3N2O. The van der Waals surface area contributed by atoms with Gasteiger partial charge in [0.25, 0.3) is 0 Å². The van der Waals surface area contributed by atoms with Gasteiger partial charge in [-0.15, -0.1) is 0 Å². The van der Waals surface area contributed by atoms with E-state index in [0.717, 1.165) is 0 Å². The number of hydrogen-bond acceptors (Lipinski definition) is 2. The molecular weight excluding hydrogens is 281 g/mol. The normalized spacial score (nSPS) is 18.6. The lowest BCUT2D eigenvalue weighted by Crippen LogP contribution is -2.52. The molecule has 1 aromatic rings. The Hall–Kier alpha value is -1.56. The Balaban J connectivity index is 2.12. The lowest BCUT2D eigenvalue weighted by atomic mass is 10.0. The third-order valence-electron chi connectivity index (χ3n) is 3.76. The highest BCUT2D eigenvalue weighted by Crippen LogP contribution is 2.38. The van der Waals surface area contributed by atoms with Crippen LogP contribution in [0.25, 0.3) is 0 Å². The molecule has 0 N–H and O–H groups in total. The third-order valence-corrected chi connectivity index (χ3v) is 3.76. The van der Waals surface area contributed by atoms with Gasteiger partial charge in [0.1, 0.15) is 6.04 Å². The SMILES string of the molecule is CCC(=O)N1CCN(C(c2ccccc2)C(F)(F)F)CC1. The molecule has 0 bridgehead atoms. The summed E-state index contributed by atoms with van der Waals surface area (Å²) in [4.78, 5) is 14.6. The summed E-state index contributed by atoms with van der Waals surface area (Å²) in [5.74, 6) is -0.00193. The Morgan fingerprint density at radius 1 is 1.14 bits per heavy atom. The second-order valence-electron chi connectivity index (χ2n) is 5.13. The molecule has 21 heavy (non-hydrogen) atoms. The average Bonchev–Trinajstić information content (AvgIpc) is 2.47. The smallest absolute Gasteiger partial charge is 0.340 e. The van der Waals surface area contributed by atoms with Crippen molar-refractivity contribution in [3.8, 4) is 0 Å². The fourth-order valence-electron chi connectivity index (χ4n) is 2.70. The first-order chi connectivity index (χ1) is 9.93. The first kappa shape index (κ1) is 15.8. The van der Waals surface area contributed by atoms with Crippen molar-refractivity contribution < 1.29 is 18.0 Å². The maximum atomic E-state index is 13.4. The van der Waals surface area contributed by atoms with Crippen molar-refractivity contribution in [1.82, 2.24) is 9.80 Å². The van der Waals surface area contributed by atoms with E-state index in [1.54, 1.807) is 30.0 Å². The van der Waals surface area contributed by atoms with E-state index < -0.39 is 12.2 Å². The summed E-state index contributed by atoms with van der Waals surface area (Å²) in [6.07, 6.45) is -3.93. The minimum absolute atomic E-state index is 0.00193. The van der Waals surface area contributed by atoms with Crippen molar-refractivity contribution in [2.45, 2.75) is 25.6 Å². The van der Waals surface area contributed by atoms with Gasteiger partial charge < -0.3 is 4.90 Å².